The van der Waals surface area contributed by atoms with Gasteiger partial charge in [0.05, 0.1) is 6.42 Å². The molecule has 2 unspecified atom stereocenters. The second-order valence-corrected chi connectivity index (χ2v) is 5.54. The van der Waals surface area contributed by atoms with E-state index in [1.165, 1.54) is 0 Å². The molecular formula is C16H22N2O3. The number of carbonyl (C=O) groups excluding carboxylic acids is 1. The van der Waals surface area contributed by atoms with E-state index in [-0.39, 0.29) is 24.5 Å². The van der Waals surface area contributed by atoms with Crippen LogP contribution in [-0.2, 0) is 11.2 Å². The van der Waals surface area contributed by atoms with E-state index >= 15 is 0 Å². The summed E-state index contributed by atoms with van der Waals surface area (Å²) >= 11 is 0. The number of anilines is 1. The van der Waals surface area contributed by atoms with Gasteiger partial charge in [0.2, 0.25) is 0 Å². The van der Waals surface area contributed by atoms with Crippen LogP contribution >= 0.6 is 0 Å². The highest BCUT2D eigenvalue weighted by Gasteiger charge is 2.29. The summed E-state index contributed by atoms with van der Waals surface area (Å²) in [6.07, 6.45) is 2.43. The van der Waals surface area contributed by atoms with Crippen molar-refractivity contribution in [2.75, 3.05) is 4.90 Å². The zero-order chi connectivity index (χ0) is 15.4. The lowest BCUT2D eigenvalue weighted by atomic mass is 9.97. The lowest BCUT2D eigenvalue weighted by Gasteiger charge is -2.36. The summed E-state index contributed by atoms with van der Waals surface area (Å²) in [5, 5.41) is 11.7. The van der Waals surface area contributed by atoms with E-state index in [0.717, 1.165) is 24.1 Å². The Bertz CT molecular complexity index is 530. The number of carboxylic acid groups (broad SMARTS) is 1. The molecule has 114 valence electrons. The van der Waals surface area contributed by atoms with Gasteiger partial charge in [-0.3, -0.25) is 9.69 Å². The number of amides is 2. The van der Waals surface area contributed by atoms with E-state index in [0.29, 0.717) is 6.42 Å². The molecule has 21 heavy (non-hydrogen) atoms. The number of benzene rings is 1. The van der Waals surface area contributed by atoms with Crippen LogP contribution in [0.3, 0.4) is 0 Å². The monoisotopic (exact) mass is 290 g/mol. The fourth-order valence-electron chi connectivity index (χ4n) is 2.75. The molecule has 5 nitrogen and oxygen atoms in total. The Hall–Kier alpha value is -2.04. The van der Waals surface area contributed by atoms with Gasteiger partial charge >= 0.3 is 12.0 Å². The second kappa shape index (κ2) is 6.61. The molecule has 5 heteroatoms. The summed E-state index contributed by atoms with van der Waals surface area (Å²) in [5.74, 6) is -0.894. The molecule has 0 aromatic heterocycles. The SMILES string of the molecule is CCC(CC(=O)O)NC(=O)N1c2ccccc2CCC1C. The van der Waals surface area contributed by atoms with Crippen LogP contribution in [-0.4, -0.2) is 29.2 Å². The van der Waals surface area contributed by atoms with Gasteiger partial charge in [-0.1, -0.05) is 25.1 Å². The Labute approximate surface area is 125 Å². The topological polar surface area (TPSA) is 69.6 Å². The van der Waals surface area contributed by atoms with Crippen LogP contribution in [0.5, 0.6) is 0 Å². The third-order valence-electron chi connectivity index (χ3n) is 3.98. The van der Waals surface area contributed by atoms with Gasteiger partial charge in [-0.05, 0) is 37.8 Å². The first-order chi connectivity index (χ1) is 10.0. The summed E-state index contributed by atoms with van der Waals surface area (Å²) in [6.45, 7) is 3.90. The van der Waals surface area contributed by atoms with Crippen LogP contribution < -0.4 is 10.2 Å². The lowest BCUT2D eigenvalue weighted by Crippen LogP contribution is -2.50. The molecule has 1 aliphatic heterocycles. The van der Waals surface area contributed by atoms with Gasteiger partial charge in [-0.25, -0.2) is 4.79 Å². The van der Waals surface area contributed by atoms with Gasteiger partial charge in [-0.15, -0.1) is 0 Å². The molecule has 1 aromatic carbocycles. The molecule has 0 bridgehead atoms. The molecule has 2 rings (SSSR count). The number of urea groups is 1. The number of nitrogens with zero attached hydrogens (tertiary/aromatic N) is 1. The van der Waals surface area contributed by atoms with Crippen molar-refractivity contribution in [3.63, 3.8) is 0 Å². The maximum Gasteiger partial charge on any atom is 0.322 e. The average molecular weight is 290 g/mol. The van der Waals surface area contributed by atoms with Gasteiger partial charge in [0, 0.05) is 17.8 Å². The van der Waals surface area contributed by atoms with Crippen molar-refractivity contribution >= 4 is 17.7 Å². The third kappa shape index (κ3) is 3.54. The number of rotatable bonds is 4. The standard InChI is InChI=1S/C16H22N2O3/c1-3-13(10-15(19)20)17-16(21)18-11(2)8-9-12-6-4-5-7-14(12)18/h4-7,11,13H,3,8-10H2,1-2H3,(H,17,21)(H,19,20). The molecule has 1 aliphatic rings. The minimum atomic E-state index is -0.894. The van der Waals surface area contributed by atoms with Crippen LogP contribution in [0.4, 0.5) is 10.5 Å². The Morgan fingerprint density at radius 1 is 1.43 bits per heavy atom. The van der Waals surface area contributed by atoms with Gasteiger partial charge in [0.1, 0.15) is 0 Å². The first-order valence-corrected chi connectivity index (χ1v) is 7.42. The van der Waals surface area contributed by atoms with Gasteiger partial charge in [-0.2, -0.15) is 0 Å². The van der Waals surface area contributed by atoms with E-state index in [1.807, 2.05) is 38.1 Å². The zero-order valence-corrected chi connectivity index (χ0v) is 12.5. The molecule has 0 aliphatic carbocycles. The van der Waals surface area contributed by atoms with E-state index in [9.17, 15) is 9.59 Å². The predicted octanol–water partition coefficient (Wildman–Crippen LogP) is 2.79. The quantitative estimate of drug-likeness (QED) is 0.896. The molecule has 2 N–H and O–H groups in total. The third-order valence-corrected chi connectivity index (χ3v) is 3.98. The van der Waals surface area contributed by atoms with Crippen molar-refractivity contribution in [2.24, 2.45) is 0 Å². The van der Waals surface area contributed by atoms with Crippen molar-refractivity contribution in [3.05, 3.63) is 29.8 Å². The van der Waals surface area contributed by atoms with Gasteiger partial charge in [0.15, 0.2) is 0 Å². The average Bonchev–Trinajstić information content (AvgIpc) is 2.45. The van der Waals surface area contributed by atoms with Crippen LogP contribution in [0.15, 0.2) is 24.3 Å². The summed E-state index contributed by atoms with van der Waals surface area (Å²) in [7, 11) is 0. The predicted molar refractivity (Wildman–Crippen MR) is 81.6 cm³/mol. The Morgan fingerprint density at radius 2 is 2.14 bits per heavy atom. The Kier molecular flexibility index (Phi) is 4.83. The number of nitrogens with one attached hydrogen (secondary N) is 1. The molecule has 1 heterocycles. The van der Waals surface area contributed by atoms with E-state index < -0.39 is 5.97 Å². The van der Waals surface area contributed by atoms with E-state index in [2.05, 4.69) is 5.32 Å². The van der Waals surface area contributed by atoms with E-state index in [4.69, 9.17) is 5.11 Å². The number of carboxylic acids is 1. The summed E-state index contributed by atoms with van der Waals surface area (Å²) in [5.41, 5.74) is 2.09. The van der Waals surface area contributed by atoms with Crippen molar-refractivity contribution in [1.29, 1.82) is 0 Å². The number of hydrogen-bond acceptors (Lipinski definition) is 2. The first-order valence-electron chi connectivity index (χ1n) is 7.42. The zero-order valence-electron chi connectivity index (χ0n) is 12.5. The number of fused-ring (bicyclic) bond motifs is 1. The summed E-state index contributed by atoms with van der Waals surface area (Å²) < 4.78 is 0. The summed E-state index contributed by atoms with van der Waals surface area (Å²) in [4.78, 5) is 25.1. The van der Waals surface area contributed by atoms with Crippen LogP contribution in [0.2, 0.25) is 0 Å². The summed E-state index contributed by atoms with van der Waals surface area (Å²) in [6, 6.07) is 7.45. The minimum Gasteiger partial charge on any atom is -0.481 e. The fraction of sp³-hybridized carbons (Fsp3) is 0.500. The molecule has 2 atom stereocenters. The van der Waals surface area contributed by atoms with Crippen molar-refractivity contribution in [3.8, 4) is 0 Å². The normalized spacial score (nSPS) is 18.8. The molecular weight excluding hydrogens is 268 g/mol. The minimum absolute atomic E-state index is 0.0495. The lowest BCUT2D eigenvalue weighted by molar-refractivity contribution is -0.137. The van der Waals surface area contributed by atoms with Gasteiger partial charge in [0.25, 0.3) is 0 Å². The molecule has 0 fully saturated rings. The smallest absolute Gasteiger partial charge is 0.322 e. The maximum atomic E-state index is 12.5. The highest BCUT2D eigenvalue weighted by Crippen LogP contribution is 2.30. The van der Waals surface area contributed by atoms with Crippen molar-refractivity contribution in [2.45, 2.75) is 51.6 Å². The van der Waals surface area contributed by atoms with Crippen molar-refractivity contribution in [1.82, 2.24) is 5.32 Å². The number of aryl methyl sites for hydroxylation is 1. The molecule has 0 saturated heterocycles. The maximum absolute atomic E-state index is 12.5. The van der Waals surface area contributed by atoms with E-state index in [1.54, 1.807) is 4.90 Å². The number of aliphatic carboxylic acids is 1. The second-order valence-electron chi connectivity index (χ2n) is 5.54. The molecule has 2 amide bonds. The molecule has 0 saturated carbocycles. The highest BCUT2D eigenvalue weighted by atomic mass is 16.4. The largest absolute Gasteiger partial charge is 0.481 e. The number of carbonyl (C=O) groups is 2. The Morgan fingerprint density at radius 3 is 2.81 bits per heavy atom. The molecule has 1 aromatic rings. The first kappa shape index (κ1) is 15.4. The molecule has 0 spiro atoms. The van der Waals surface area contributed by atoms with Crippen LogP contribution in [0.1, 0.15) is 38.7 Å². The van der Waals surface area contributed by atoms with Gasteiger partial charge < -0.3 is 10.4 Å². The Balaban J connectivity index is 2.16. The fourth-order valence-corrected chi connectivity index (χ4v) is 2.75. The number of para-hydroxylation sites is 1. The number of hydrogen-bond donors (Lipinski definition) is 2. The van der Waals surface area contributed by atoms with Crippen molar-refractivity contribution < 1.29 is 14.7 Å². The molecule has 0 radical (unpaired) electrons. The highest BCUT2D eigenvalue weighted by molar-refractivity contribution is 5.94. The van der Waals surface area contributed by atoms with Crippen LogP contribution in [0.25, 0.3) is 0 Å². The van der Waals surface area contributed by atoms with Crippen LogP contribution in [0, 0.1) is 0 Å².